The quantitative estimate of drug-likeness (QED) is 0.441. The number of nitrogens with zero attached hydrogens (tertiary/aromatic N) is 8. The molecular weight excluding hydrogens is 552 g/mol. The van der Waals surface area contributed by atoms with Crippen molar-refractivity contribution in [3.8, 4) is 0 Å². The summed E-state index contributed by atoms with van der Waals surface area (Å²) in [6, 6.07) is 2.02. The van der Waals surface area contributed by atoms with Gasteiger partial charge in [-0.05, 0) is 58.3 Å². The highest BCUT2D eigenvalue weighted by molar-refractivity contribution is 5.82. The SMILES string of the molecule is Cc1cn2nc([C@@H]3CCCCN3C(=O)C3CCC4(CCCCCCCCC4)C(n4cnnc4)N3)cc2nc1N1CC[C@H](N)C1. The van der Waals surface area contributed by atoms with E-state index in [0.29, 0.717) is 0 Å². The average molecular weight is 603 g/mol. The van der Waals surface area contributed by atoms with Crippen molar-refractivity contribution in [1.29, 1.82) is 0 Å². The summed E-state index contributed by atoms with van der Waals surface area (Å²) < 4.78 is 4.03. The van der Waals surface area contributed by atoms with Gasteiger partial charge in [0.15, 0.2) is 5.65 Å². The highest BCUT2D eigenvalue weighted by Crippen LogP contribution is 2.48. The van der Waals surface area contributed by atoms with Gasteiger partial charge in [-0.15, -0.1) is 10.2 Å². The van der Waals surface area contributed by atoms with Crippen molar-refractivity contribution < 1.29 is 4.79 Å². The molecule has 3 saturated heterocycles. The number of anilines is 1. The monoisotopic (exact) mass is 602 g/mol. The smallest absolute Gasteiger partial charge is 0.240 e. The standard InChI is InChI=1S/C33H50N10O/c1-24-20-43-29(38-30(24)40-18-13-25(34)21-40)19-27(39-43)28-11-7-10-17-42(28)31(44)26-12-16-33(32(37-26)41-22-35-36-23-41)14-8-5-3-2-4-6-9-15-33/h19-20,22-23,25-26,28,32,37H,2-18,21,34H2,1H3/t25-,26?,28-,32?/m0/s1. The number of hydrogen-bond donors (Lipinski definition) is 2. The molecule has 7 rings (SSSR count). The van der Waals surface area contributed by atoms with Gasteiger partial charge in [-0.2, -0.15) is 5.10 Å². The molecule has 0 aromatic carbocycles. The summed E-state index contributed by atoms with van der Waals surface area (Å²) in [5.41, 5.74) is 9.19. The number of amides is 1. The molecule has 4 atom stereocenters. The van der Waals surface area contributed by atoms with Crippen LogP contribution in [0.15, 0.2) is 24.9 Å². The Morgan fingerprint density at radius 2 is 1.68 bits per heavy atom. The van der Waals surface area contributed by atoms with E-state index < -0.39 is 0 Å². The first-order valence-corrected chi connectivity index (χ1v) is 17.3. The number of rotatable bonds is 4. The first kappa shape index (κ1) is 29.6. The molecule has 4 aliphatic rings. The lowest BCUT2D eigenvalue weighted by Crippen LogP contribution is -2.57. The van der Waals surface area contributed by atoms with E-state index in [4.69, 9.17) is 15.8 Å². The van der Waals surface area contributed by atoms with Crippen molar-refractivity contribution in [2.24, 2.45) is 11.1 Å². The minimum absolute atomic E-state index is 0.0300. The first-order valence-electron chi connectivity index (χ1n) is 17.3. The van der Waals surface area contributed by atoms with Crippen LogP contribution in [-0.4, -0.2) is 71.9 Å². The zero-order chi connectivity index (χ0) is 30.1. The first-order chi connectivity index (χ1) is 21.5. The van der Waals surface area contributed by atoms with E-state index in [1.807, 2.05) is 17.2 Å². The molecule has 6 heterocycles. The van der Waals surface area contributed by atoms with Gasteiger partial charge < -0.3 is 20.1 Å². The Hall–Kier alpha value is -3.05. The highest BCUT2D eigenvalue weighted by atomic mass is 16.2. The van der Waals surface area contributed by atoms with E-state index >= 15 is 0 Å². The third kappa shape index (κ3) is 5.85. The van der Waals surface area contributed by atoms with Crippen LogP contribution in [0.2, 0.25) is 0 Å². The van der Waals surface area contributed by atoms with Crippen molar-refractivity contribution >= 4 is 17.4 Å². The molecule has 3 aliphatic heterocycles. The van der Waals surface area contributed by atoms with Gasteiger partial charge >= 0.3 is 0 Å². The fourth-order valence-electron chi connectivity index (χ4n) is 8.63. The predicted octanol–water partition coefficient (Wildman–Crippen LogP) is 4.68. The molecule has 4 fully saturated rings. The molecule has 1 aliphatic carbocycles. The van der Waals surface area contributed by atoms with Gasteiger partial charge in [-0.25, -0.2) is 9.50 Å². The largest absolute Gasteiger partial charge is 0.355 e. The zero-order valence-corrected chi connectivity index (χ0v) is 26.4. The molecule has 3 aromatic rings. The summed E-state index contributed by atoms with van der Waals surface area (Å²) in [5, 5.41) is 17.2. The topological polar surface area (TPSA) is 122 Å². The number of carbonyl (C=O) groups is 1. The number of nitrogens with one attached hydrogen (secondary N) is 1. The van der Waals surface area contributed by atoms with E-state index in [9.17, 15) is 4.79 Å². The maximum absolute atomic E-state index is 14.4. The summed E-state index contributed by atoms with van der Waals surface area (Å²) in [7, 11) is 0. The molecule has 3 aromatic heterocycles. The Kier molecular flexibility index (Phi) is 8.59. The Morgan fingerprint density at radius 3 is 2.41 bits per heavy atom. The van der Waals surface area contributed by atoms with Gasteiger partial charge in [0.05, 0.1) is 23.9 Å². The molecule has 1 saturated carbocycles. The van der Waals surface area contributed by atoms with E-state index in [1.54, 1.807) is 0 Å². The Morgan fingerprint density at radius 1 is 0.932 bits per heavy atom. The van der Waals surface area contributed by atoms with Gasteiger partial charge in [0, 0.05) is 48.9 Å². The normalized spacial score (nSPS) is 28.5. The van der Waals surface area contributed by atoms with Crippen LogP contribution in [0, 0.1) is 12.3 Å². The number of fused-ring (bicyclic) bond motifs is 1. The maximum Gasteiger partial charge on any atom is 0.240 e. The van der Waals surface area contributed by atoms with Crippen LogP contribution < -0.4 is 16.0 Å². The fourth-order valence-corrected chi connectivity index (χ4v) is 8.63. The Balaban J connectivity index is 1.13. The number of aromatic nitrogens is 6. The number of hydrogen-bond acceptors (Lipinski definition) is 8. The second-order valence-corrected chi connectivity index (χ2v) is 14.1. The van der Waals surface area contributed by atoms with E-state index in [0.717, 1.165) is 80.9 Å². The van der Waals surface area contributed by atoms with E-state index in [2.05, 4.69) is 49.1 Å². The highest BCUT2D eigenvalue weighted by Gasteiger charge is 2.46. The second-order valence-electron chi connectivity index (χ2n) is 14.1. The number of piperidine rings is 2. The van der Waals surface area contributed by atoms with E-state index in [-0.39, 0.29) is 35.6 Å². The average Bonchev–Trinajstić information content (AvgIpc) is 3.81. The molecule has 1 amide bonds. The molecule has 11 heteroatoms. The number of carbonyl (C=O) groups excluding carboxylic acids is 1. The summed E-state index contributed by atoms with van der Waals surface area (Å²) in [6.07, 6.45) is 23.3. The molecule has 0 radical (unpaired) electrons. The predicted molar refractivity (Wildman–Crippen MR) is 170 cm³/mol. The third-order valence-corrected chi connectivity index (χ3v) is 11.0. The summed E-state index contributed by atoms with van der Waals surface area (Å²) in [5.74, 6) is 1.20. The van der Waals surface area contributed by atoms with Crippen LogP contribution in [0.25, 0.3) is 5.65 Å². The van der Waals surface area contributed by atoms with Gasteiger partial charge in [0.25, 0.3) is 0 Å². The minimum atomic E-state index is -0.229. The van der Waals surface area contributed by atoms with Crippen molar-refractivity contribution in [3.05, 3.63) is 36.2 Å². The molecule has 238 valence electrons. The second kappa shape index (κ2) is 12.7. The molecule has 44 heavy (non-hydrogen) atoms. The van der Waals surface area contributed by atoms with Crippen molar-refractivity contribution in [1.82, 2.24) is 39.6 Å². The third-order valence-electron chi connectivity index (χ3n) is 11.0. The fraction of sp³-hybridized carbons (Fsp3) is 0.727. The van der Waals surface area contributed by atoms with Crippen LogP contribution in [-0.2, 0) is 4.79 Å². The summed E-state index contributed by atoms with van der Waals surface area (Å²) >= 11 is 0. The van der Waals surface area contributed by atoms with Crippen LogP contribution >= 0.6 is 0 Å². The molecule has 11 nitrogen and oxygen atoms in total. The number of likely N-dealkylation sites (tertiary alicyclic amines) is 1. The van der Waals surface area contributed by atoms with Crippen LogP contribution in [0.5, 0.6) is 0 Å². The van der Waals surface area contributed by atoms with Gasteiger partial charge in [0.2, 0.25) is 5.91 Å². The van der Waals surface area contributed by atoms with Gasteiger partial charge in [-0.1, -0.05) is 44.9 Å². The van der Waals surface area contributed by atoms with Crippen molar-refractivity contribution in [2.75, 3.05) is 24.5 Å². The minimum Gasteiger partial charge on any atom is -0.355 e. The lowest BCUT2D eigenvalue weighted by Gasteiger charge is -2.49. The lowest BCUT2D eigenvalue weighted by molar-refractivity contribution is -0.140. The summed E-state index contributed by atoms with van der Waals surface area (Å²) in [6.45, 7) is 4.63. The number of nitrogens with two attached hydrogens (primary N) is 1. The van der Waals surface area contributed by atoms with Crippen LogP contribution in [0.4, 0.5) is 5.82 Å². The lowest BCUT2D eigenvalue weighted by atomic mass is 9.68. The summed E-state index contributed by atoms with van der Waals surface area (Å²) in [4.78, 5) is 23.9. The zero-order valence-electron chi connectivity index (χ0n) is 26.4. The van der Waals surface area contributed by atoms with Crippen molar-refractivity contribution in [3.63, 3.8) is 0 Å². The molecular formula is C33H50N10O. The van der Waals surface area contributed by atoms with Gasteiger partial charge in [0.1, 0.15) is 18.5 Å². The molecule has 3 N–H and O–H groups in total. The Bertz CT molecular complexity index is 1410. The number of aryl methyl sites for hydroxylation is 1. The molecule has 1 spiro atoms. The van der Waals surface area contributed by atoms with Crippen LogP contribution in [0.1, 0.15) is 120 Å². The van der Waals surface area contributed by atoms with E-state index in [1.165, 1.54) is 57.8 Å². The maximum atomic E-state index is 14.4. The molecule has 2 unspecified atom stereocenters. The Labute approximate surface area is 261 Å². The molecule has 0 bridgehead atoms. The van der Waals surface area contributed by atoms with Crippen LogP contribution in [0.3, 0.4) is 0 Å². The van der Waals surface area contributed by atoms with Crippen molar-refractivity contribution in [2.45, 2.75) is 128 Å². The van der Waals surface area contributed by atoms with Gasteiger partial charge in [-0.3, -0.25) is 10.1 Å².